The maximum atomic E-state index is 4.09. The Labute approximate surface area is 61.1 Å². The average molecular weight is 131 g/mol. The molecular formula is C9H9N. The summed E-state index contributed by atoms with van der Waals surface area (Å²) in [6.45, 7) is 3.82. The van der Waals surface area contributed by atoms with Crippen molar-refractivity contribution in [1.82, 2.24) is 4.98 Å². The van der Waals surface area contributed by atoms with Crippen LogP contribution in [-0.2, 0) is 0 Å². The van der Waals surface area contributed by atoms with Gasteiger partial charge in [0.15, 0.2) is 0 Å². The first-order chi connectivity index (χ1) is 4.83. The summed E-state index contributed by atoms with van der Waals surface area (Å²) < 4.78 is 0. The Morgan fingerprint density at radius 1 is 1.40 bits per heavy atom. The molecule has 0 spiro atoms. The molecule has 0 amide bonds. The highest BCUT2D eigenvalue weighted by Crippen LogP contribution is 1.95. The number of rotatable bonds is 0. The van der Waals surface area contributed by atoms with Gasteiger partial charge in [-0.25, -0.2) is 4.98 Å². The number of aryl methyl sites for hydroxylation is 1. The highest BCUT2D eigenvalue weighted by atomic mass is 14.7. The van der Waals surface area contributed by atoms with Crippen molar-refractivity contribution in [3.63, 3.8) is 0 Å². The fourth-order valence-corrected chi connectivity index (χ4v) is 0.670. The summed E-state index contributed by atoms with van der Waals surface area (Å²) in [6.07, 6.45) is 1.82. The summed E-state index contributed by atoms with van der Waals surface area (Å²) in [6, 6.07) is 3.93. The van der Waals surface area contributed by atoms with Gasteiger partial charge in [0.2, 0.25) is 0 Å². The van der Waals surface area contributed by atoms with E-state index >= 15 is 0 Å². The van der Waals surface area contributed by atoms with Crippen molar-refractivity contribution in [3.05, 3.63) is 29.6 Å². The molecular weight excluding hydrogens is 122 g/mol. The molecule has 0 radical (unpaired) electrons. The molecule has 0 fully saturated rings. The van der Waals surface area contributed by atoms with Crippen LogP contribution in [0.2, 0.25) is 0 Å². The SMILES string of the molecule is CC#Cc1ccc(C)cn1. The van der Waals surface area contributed by atoms with E-state index in [1.165, 1.54) is 5.56 Å². The lowest BCUT2D eigenvalue weighted by atomic mass is 10.3. The van der Waals surface area contributed by atoms with Gasteiger partial charge in [-0.15, -0.1) is 0 Å². The van der Waals surface area contributed by atoms with Crippen LogP contribution in [0.5, 0.6) is 0 Å². The molecule has 0 N–H and O–H groups in total. The van der Waals surface area contributed by atoms with Crippen LogP contribution >= 0.6 is 0 Å². The van der Waals surface area contributed by atoms with E-state index in [-0.39, 0.29) is 0 Å². The van der Waals surface area contributed by atoms with E-state index in [9.17, 15) is 0 Å². The average Bonchev–Trinajstić information content (AvgIpc) is 1.95. The third-order valence-corrected chi connectivity index (χ3v) is 1.16. The second-order valence-corrected chi connectivity index (χ2v) is 2.10. The van der Waals surface area contributed by atoms with Gasteiger partial charge in [0, 0.05) is 6.20 Å². The summed E-state index contributed by atoms with van der Waals surface area (Å²) in [5.41, 5.74) is 2.01. The van der Waals surface area contributed by atoms with Gasteiger partial charge in [0.05, 0.1) is 0 Å². The lowest BCUT2D eigenvalue weighted by Crippen LogP contribution is -1.80. The van der Waals surface area contributed by atoms with E-state index in [1.54, 1.807) is 0 Å². The van der Waals surface area contributed by atoms with Gasteiger partial charge in [-0.2, -0.15) is 0 Å². The topological polar surface area (TPSA) is 12.9 Å². The molecule has 0 aromatic carbocycles. The molecule has 50 valence electrons. The fraction of sp³-hybridized carbons (Fsp3) is 0.222. The zero-order chi connectivity index (χ0) is 7.40. The number of aromatic nitrogens is 1. The second kappa shape index (κ2) is 3.03. The van der Waals surface area contributed by atoms with Gasteiger partial charge in [0.1, 0.15) is 5.69 Å². The smallest absolute Gasteiger partial charge is 0.113 e. The van der Waals surface area contributed by atoms with E-state index in [2.05, 4.69) is 16.8 Å². The Morgan fingerprint density at radius 2 is 2.20 bits per heavy atom. The van der Waals surface area contributed by atoms with Gasteiger partial charge in [-0.3, -0.25) is 0 Å². The first-order valence-electron chi connectivity index (χ1n) is 3.18. The Hall–Kier alpha value is -1.29. The Kier molecular flexibility index (Phi) is 2.07. The van der Waals surface area contributed by atoms with Crippen LogP contribution in [0.25, 0.3) is 0 Å². The molecule has 0 saturated heterocycles. The molecule has 1 aromatic rings. The zero-order valence-electron chi connectivity index (χ0n) is 6.18. The molecule has 1 aromatic heterocycles. The molecule has 10 heavy (non-hydrogen) atoms. The molecule has 0 aliphatic heterocycles. The van der Waals surface area contributed by atoms with Gasteiger partial charge in [-0.1, -0.05) is 12.0 Å². The molecule has 1 nitrogen and oxygen atoms in total. The van der Waals surface area contributed by atoms with Crippen LogP contribution in [0.15, 0.2) is 18.3 Å². The Balaban J connectivity index is 2.97. The van der Waals surface area contributed by atoms with E-state index in [4.69, 9.17) is 0 Å². The van der Waals surface area contributed by atoms with Crippen LogP contribution in [0.4, 0.5) is 0 Å². The maximum absolute atomic E-state index is 4.09. The van der Waals surface area contributed by atoms with Gasteiger partial charge >= 0.3 is 0 Å². The van der Waals surface area contributed by atoms with Crippen LogP contribution in [0.3, 0.4) is 0 Å². The first-order valence-corrected chi connectivity index (χ1v) is 3.18. The standard InChI is InChI=1S/C9H9N/c1-3-4-9-6-5-8(2)7-10-9/h5-7H,1-2H3. The number of hydrogen-bond donors (Lipinski definition) is 0. The van der Waals surface area contributed by atoms with Crippen molar-refractivity contribution in [2.45, 2.75) is 13.8 Å². The molecule has 0 saturated carbocycles. The molecule has 0 bridgehead atoms. The highest BCUT2D eigenvalue weighted by molar-refractivity contribution is 5.27. The minimum atomic E-state index is 0.841. The molecule has 1 heteroatoms. The molecule has 0 aliphatic carbocycles. The van der Waals surface area contributed by atoms with Crippen molar-refractivity contribution in [1.29, 1.82) is 0 Å². The monoisotopic (exact) mass is 131 g/mol. The molecule has 0 aliphatic rings. The van der Waals surface area contributed by atoms with Crippen molar-refractivity contribution in [2.75, 3.05) is 0 Å². The molecule has 1 heterocycles. The van der Waals surface area contributed by atoms with E-state index in [0.717, 1.165) is 5.69 Å². The van der Waals surface area contributed by atoms with Crippen LogP contribution in [0.1, 0.15) is 18.2 Å². The molecule has 0 unspecified atom stereocenters. The van der Waals surface area contributed by atoms with Gasteiger partial charge in [0.25, 0.3) is 0 Å². The molecule has 1 rings (SSSR count). The first kappa shape index (κ1) is 6.82. The highest BCUT2D eigenvalue weighted by Gasteiger charge is 1.84. The van der Waals surface area contributed by atoms with E-state index in [0.29, 0.717) is 0 Å². The van der Waals surface area contributed by atoms with Crippen molar-refractivity contribution in [2.24, 2.45) is 0 Å². The quantitative estimate of drug-likeness (QED) is 0.489. The number of pyridine rings is 1. The van der Waals surface area contributed by atoms with Crippen LogP contribution in [0, 0.1) is 18.8 Å². The minimum absolute atomic E-state index is 0.841. The minimum Gasteiger partial charge on any atom is -0.248 e. The number of hydrogen-bond acceptors (Lipinski definition) is 1. The Bertz CT molecular complexity index is 261. The van der Waals surface area contributed by atoms with Crippen LogP contribution in [-0.4, -0.2) is 4.98 Å². The van der Waals surface area contributed by atoms with Gasteiger partial charge < -0.3 is 0 Å². The van der Waals surface area contributed by atoms with E-state index in [1.807, 2.05) is 32.2 Å². The fourth-order valence-electron chi connectivity index (χ4n) is 0.670. The largest absolute Gasteiger partial charge is 0.248 e. The third kappa shape index (κ3) is 1.60. The summed E-state index contributed by atoms with van der Waals surface area (Å²) in [7, 11) is 0. The maximum Gasteiger partial charge on any atom is 0.113 e. The lowest BCUT2D eigenvalue weighted by Gasteiger charge is -1.89. The predicted molar refractivity (Wildman–Crippen MR) is 41.5 cm³/mol. The van der Waals surface area contributed by atoms with Crippen molar-refractivity contribution in [3.8, 4) is 11.8 Å². The summed E-state index contributed by atoms with van der Waals surface area (Å²) in [5.74, 6) is 5.66. The number of nitrogens with zero attached hydrogens (tertiary/aromatic N) is 1. The Morgan fingerprint density at radius 3 is 2.70 bits per heavy atom. The van der Waals surface area contributed by atoms with Crippen molar-refractivity contribution < 1.29 is 0 Å². The lowest BCUT2D eigenvalue weighted by molar-refractivity contribution is 1.24. The summed E-state index contributed by atoms with van der Waals surface area (Å²) >= 11 is 0. The van der Waals surface area contributed by atoms with E-state index < -0.39 is 0 Å². The summed E-state index contributed by atoms with van der Waals surface area (Å²) in [4.78, 5) is 4.09. The van der Waals surface area contributed by atoms with Crippen LogP contribution < -0.4 is 0 Å². The molecule has 0 atom stereocenters. The second-order valence-electron chi connectivity index (χ2n) is 2.10. The zero-order valence-corrected chi connectivity index (χ0v) is 6.18. The normalized spacial score (nSPS) is 8.20. The summed E-state index contributed by atoms with van der Waals surface area (Å²) in [5, 5.41) is 0. The third-order valence-electron chi connectivity index (χ3n) is 1.16. The van der Waals surface area contributed by atoms with Crippen molar-refractivity contribution >= 4 is 0 Å². The van der Waals surface area contributed by atoms with Gasteiger partial charge in [-0.05, 0) is 31.4 Å². The predicted octanol–water partition coefficient (Wildman–Crippen LogP) is 1.76.